The first-order valence-electron chi connectivity index (χ1n) is 9.51. The Balaban J connectivity index is 1.89. The van der Waals surface area contributed by atoms with Crippen LogP contribution in [0.4, 0.5) is 15.8 Å². The van der Waals surface area contributed by atoms with E-state index in [9.17, 15) is 14.0 Å². The van der Waals surface area contributed by atoms with E-state index in [1.165, 1.54) is 26.3 Å². The summed E-state index contributed by atoms with van der Waals surface area (Å²) in [5, 5.41) is 4.52. The lowest BCUT2D eigenvalue weighted by Crippen LogP contribution is -2.25. The number of benzene rings is 3. The largest absolute Gasteiger partial charge is 0.355 e. The van der Waals surface area contributed by atoms with E-state index in [1.807, 2.05) is 0 Å². The zero-order chi connectivity index (χ0) is 22.7. The van der Waals surface area contributed by atoms with Gasteiger partial charge in [0.05, 0.1) is 12.1 Å². The lowest BCUT2D eigenvalue weighted by molar-refractivity contribution is -0.0757. The number of hydroxylamine groups is 2. The molecule has 0 unspecified atom stereocenters. The molecule has 3 aromatic carbocycles. The Hall–Kier alpha value is -3.22. The van der Waals surface area contributed by atoms with Crippen LogP contribution in [-0.4, -0.2) is 30.9 Å². The average Bonchev–Trinajstić information content (AvgIpc) is 2.74. The number of anilines is 2. The average molecular weight is 441 g/mol. The number of hydrogen-bond donors (Lipinski definition) is 1. The maximum Gasteiger partial charge on any atom is 0.277 e. The Bertz CT molecular complexity index is 1160. The monoisotopic (exact) mass is 440 g/mol. The Kier molecular flexibility index (Phi) is 6.73. The second kappa shape index (κ2) is 9.29. The topological polar surface area (TPSA) is 58.6 Å². The predicted molar refractivity (Wildman–Crippen MR) is 120 cm³/mol. The van der Waals surface area contributed by atoms with Crippen molar-refractivity contribution < 1.29 is 18.8 Å². The van der Waals surface area contributed by atoms with Gasteiger partial charge in [-0.3, -0.25) is 14.4 Å². The summed E-state index contributed by atoms with van der Waals surface area (Å²) in [6.45, 7) is 3.59. The number of ketones is 1. The van der Waals surface area contributed by atoms with Gasteiger partial charge in [0.25, 0.3) is 5.91 Å². The first-order valence-corrected chi connectivity index (χ1v) is 9.89. The molecule has 0 saturated carbocycles. The lowest BCUT2D eigenvalue weighted by atomic mass is 9.96. The van der Waals surface area contributed by atoms with Crippen LogP contribution in [0.5, 0.6) is 0 Å². The minimum atomic E-state index is -0.364. The van der Waals surface area contributed by atoms with Gasteiger partial charge in [-0.05, 0) is 73.5 Å². The van der Waals surface area contributed by atoms with E-state index in [4.69, 9.17) is 16.4 Å². The molecule has 1 N–H and O–H groups in total. The van der Waals surface area contributed by atoms with Crippen LogP contribution in [0, 0.1) is 19.7 Å². The summed E-state index contributed by atoms with van der Waals surface area (Å²) >= 11 is 6.42. The molecule has 31 heavy (non-hydrogen) atoms. The number of hydrogen-bond acceptors (Lipinski definition) is 4. The number of amides is 1. The molecule has 0 radical (unpaired) electrons. The van der Waals surface area contributed by atoms with E-state index >= 15 is 0 Å². The quantitative estimate of drug-likeness (QED) is 0.394. The highest BCUT2D eigenvalue weighted by molar-refractivity contribution is 6.35. The number of nitrogens with one attached hydrogen (secondary N) is 1. The van der Waals surface area contributed by atoms with Gasteiger partial charge in [0.15, 0.2) is 5.78 Å². The summed E-state index contributed by atoms with van der Waals surface area (Å²) in [7, 11) is 2.88. The fraction of sp³-hybridized carbons (Fsp3) is 0.167. The maximum absolute atomic E-state index is 13.3. The van der Waals surface area contributed by atoms with Gasteiger partial charge in [-0.1, -0.05) is 17.7 Å². The van der Waals surface area contributed by atoms with Gasteiger partial charge >= 0.3 is 0 Å². The fourth-order valence-corrected chi connectivity index (χ4v) is 3.38. The van der Waals surface area contributed by atoms with Crippen LogP contribution in [0.25, 0.3) is 0 Å². The zero-order valence-corrected chi connectivity index (χ0v) is 18.4. The van der Waals surface area contributed by atoms with E-state index in [0.29, 0.717) is 22.4 Å². The first-order chi connectivity index (χ1) is 14.7. The summed E-state index contributed by atoms with van der Waals surface area (Å²) < 4.78 is 13.3. The van der Waals surface area contributed by atoms with Crippen LogP contribution in [0.3, 0.4) is 0 Å². The van der Waals surface area contributed by atoms with Crippen LogP contribution in [0.2, 0.25) is 5.02 Å². The molecule has 0 heterocycles. The summed E-state index contributed by atoms with van der Waals surface area (Å²) in [4.78, 5) is 30.5. The minimum absolute atomic E-state index is 0.264. The van der Waals surface area contributed by atoms with Gasteiger partial charge in [-0.25, -0.2) is 9.45 Å². The molecule has 0 bridgehead atoms. The predicted octanol–water partition coefficient (Wildman–Crippen LogP) is 5.70. The molecule has 0 atom stereocenters. The minimum Gasteiger partial charge on any atom is -0.355 e. The van der Waals surface area contributed by atoms with Crippen LogP contribution in [0.1, 0.15) is 37.4 Å². The third-order valence-electron chi connectivity index (χ3n) is 4.97. The Morgan fingerprint density at radius 1 is 0.968 bits per heavy atom. The fourth-order valence-electron chi connectivity index (χ4n) is 3.11. The molecule has 0 fully saturated rings. The highest BCUT2D eigenvalue weighted by Crippen LogP contribution is 2.28. The number of rotatable bonds is 6. The van der Waals surface area contributed by atoms with Crippen molar-refractivity contribution >= 4 is 34.7 Å². The van der Waals surface area contributed by atoms with E-state index in [-0.39, 0.29) is 22.5 Å². The zero-order valence-electron chi connectivity index (χ0n) is 17.6. The first kappa shape index (κ1) is 22.5. The molecule has 0 aliphatic rings. The molecule has 3 rings (SSSR count). The van der Waals surface area contributed by atoms with E-state index in [2.05, 4.69) is 5.32 Å². The van der Waals surface area contributed by atoms with Crippen LogP contribution in [0.15, 0.2) is 54.6 Å². The molecule has 3 aromatic rings. The molecular formula is C24H22ClFN2O3. The smallest absolute Gasteiger partial charge is 0.277 e. The van der Waals surface area contributed by atoms with E-state index in [0.717, 1.165) is 21.9 Å². The Morgan fingerprint density at radius 2 is 1.71 bits per heavy atom. The van der Waals surface area contributed by atoms with Crippen molar-refractivity contribution in [2.45, 2.75) is 13.8 Å². The van der Waals surface area contributed by atoms with Gasteiger partial charge in [0, 0.05) is 35.1 Å². The summed E-state index contributed by atoms with van der Waals surface area (Å²) in [6.07, 6.45) is 0. The van der Waals surface area contributed by atoms with E-state index < -0.39 is 0 Å². The molecule has 160 valence electrons. The Morgan fingerprint density at radius 3 is 2.35 bits per heavy atom. The third kappa shape index (κ3) is 4.93. The highest BCUT2D eigenvalue weighted by atomic mass is 35.5. The van der Waals surface area contributed by atoms with Crippen molar-refractivity contribution in [1.82, 2.24) is 5.06 Å². The molecule has 5 nitrogen and oxygen atoms in total. The van der Waals surface area contributed by atoms with Gasteiger partial charge in [-0.15, -0.1) is 0 Å². The number of nitrogens with zero attached hydrogens (tertiary/aromatic N) is 1. The van der Waals surface area contributed by atoms with Crippen molar-refractivity contribution in [3.8, 4) is 0 Å². The molecule has 0 aromatic heterocycles. The third-order valence-corrected chi connectivity index (χ3v) is 5.28. The molecule has 0 aliphatic heterocycles. The lowest BCUT2D eigenvalue weighted by Gasteiger charge is -2.15. The number of halogens is 2. The van der Waals surface area contributed by atoms with Crippen molar-refractivity contribution in [2.24, 2.45) is 0 Å². The number of carbonyl (C=O) groups excluding carboxylic acids is 2. The summed E-state index contributed by atoms with van der Waals surface area (Å²) in [5.41, 5.74) is 3.90. The van der Waals surface area contributed by atoms with Crippen LogP contribution in [-0.2, 0) is 4.84 Å². The SMILES string of the molecule is CON(C)C(=O)c1ccc(C)c(C(=O)c2ccc(Nc3ccc(F)cc3C)cc2Cl)c1. The molecule has 1 amide bonds. The number of aryl methyl sites for hydroxylation is 2. The second-order valence-corrected chi connectivity index (χ2v) is 7.53. The van der Waals surface area contributed by atoms with Crippen LogP contribution < -0.4 is 5.32 Å². The normalized spacial score (nSPS) is 10.6. The van der Waals surface area contributed by atoms with Crippen molar-refractivity contribution in [3.05, 3.63) is 93.3 Å². The molecular weight excluding hydrogens is 419 g/mol. The van der Waals surface area contributed by atoms with E-state index in [1.54, 1.807) is 56.3 Å². The second-order valence-electron chi connectivity index (χ2n) is 7.12. The van der Waals surface area contributed by atoms with Gasteiger partial charge in [0.1, 0.15) is 5.82 Å². The summed E-state index contributed by atoms with van der Waals surface area (Å²) in [6, 6.07) is 14.3. The van der Waals surface area contributed by atoms with Crippen molar-refractivity contribution in [3.63, 3.8) is 0 Å². The molecule has 0 spiro atoms. The van der Waals surface area contributed by atoms with Gasteiger partial charge in [0.2, 0.25) is 0 Å². The van der Waals surface area contributed by atoms with Crippen molar-refractivity contribution in [2.75, 3.05) is 19.5 Å². The molecule has 7 heteroatoms. The molecule has 0 saturated heterocycles. The van der Waals surface area contributed by atoms with Crippen molar-refractivity contribution in [1.29, 1.82) is 0 Å². The standard InChI is InChI=1S/C24H22ClFN2O3/c1-14-5-6-16(24(30)28(3)31-4)12-20(14)23(29)19-9-8-18(13-21(19)25)27-22-10-7-17(26)11-15(22)2/h5-13,27H,1-4H3. The van der Waals surface area contributed by atoms with Gasteiger partial charge < -0.3 is 5.32 Å². The van der Waals surface area contributed by atoms with Crippen LogP contribution >= 0.6 is 11.6 Å². The molecule has 0 aliphatic carbocycles. The Labute approximate surface area is 185 Å². The van der Waals surface area contributed by atoms with Gasteiger partial charge in [-0.2, -0.15) is 0 Å². The summed E-state index contributed by atoms with van der Waals surface area (Å²) in [5.74, 6) is -0.964. The highest BCUT2D eigenvalue weighted by Gasteiger charge is 2.19. The number of carbonyl (C=O) groups is 2. The maximum atomic E-state index is 13.3.